The van der Waals surface area contributed by atoms with E-state index >= 15 is 0 Å². The van der Waals surface area contributed by atoms with E-state index in [0.717, 1.165) is 12.5 Å². The fraction of sp³-hybridized carbons (Fsp3) is 0.533. The molecule has 2 rings (SSSR count). The Balaban J connectivity index is 1.92. The first-order chi connectivity index (χ1) is 9.06. The van der Waals surface area contributed by atoms with Crippen molar-refractivity contribution in [3.63, 3.8) is 0 Å². The molecule has 0 bridgehead atoms. The number of carbonyl (C=O) groups excluding carboxylic acids is 1. The molecular weight excluding hydrogens is 260 g/mol. The van der Waals surface area contributed by atoms with Gasteiger partial charge >= 0.3 is 0 Å². The second kappa shape index (κ2) is 6.29. The topological polar surface area (TPSA) is 55.1 Å². The summed E-state index contributed by atoms with van der Waals surface area (Å²) in [5, 5.41) is 3.43. The Labute approximate surface area is 119 Å². The van der Waals surface area contributed by atoms with Gasteiger partial charge in [-0.1, -0.05) is 31.4 Å². The fourth-order valence-corrected chi connectivity index (χ4v) is 3.00. The molecule has 1 amide bonds. The minimum absolute atomic E-state index is 0.129. The first-order valence-corrected chi connectivity index (χ1v) is 7.27. The number of benzene rings is 1. The maximum atomic E-state index is 12.1. The Hall–Kier alpha value is -1.22. The normalized spacial score (nSPS) is 23.1. The molecule has 3 nitrogen and oxygen atoms in total. The molecule has 1 aliphatic carbocycles. The molecule has 0 aliphatic heterocycles. The molecule has 2 unspecified atom stereocenters. The molecule has 1 aliphatic rings. The number of hydrogen-bond donors (Lipinski definition) is 2. The van der Waals surface area contributed by atoms with Crippen molar-refractivity contribution in [2.45, 2.75) is 32.6 Å². The van der Waals surface area contributed by atoms with Crippen molar-refractivity contribution in [3.8, 4) is 0 Å². The summed E-state index contributed by atoms with van der Waals surface area (Å²) < 4.78 is 0. The van der Waals surface area contributed by atoms with E-state index in [0.29, 0.717) is 22.2 Å². The lowest BCUT2D eigenvalue weighted by molar-refractivity contribution is 0.0941. The Bertz CT molecular complexity index is 461. The highest BCUT2D eigenvalue weighted by molar-refractivity contribution is 6.34. The molecule has 104 valence electrons. The van der Waals surface area contributed by atoms with Crippen molar-refractivity contribution in [2.75, 3.05) is 12.3 Å². The molecule has 1 saturated carbocycles. The van der Waals surface area contributed by atoms with Crippen LogP contribution in [0.25, 0.3) is 0 Å². The predicted octanol–water partition coefficient (Wildman–Crippen LogP) is 3.48. The number of hydrogen-bond acceptors (Lipinski definition) is 2. The highest BCUT2D eigenvalue weighted by atomic mass is 35.5. The van der Waals surface area contributed by atoms with Crippen LogP contribution in [-0.2, 0) is 0 Å². The van der Waals surface area contributed by atoms with Gasteiger partial charge in [-0.15, -0.1) is 0 Å². The number of rotatable bonds is 3. The van der Waals surface area contributed by atoms with E-state index in [4.69, 9.17) is 17.3 Å². The zero-order valence-corrected chi connectivity index (χ0v) is 12.0. The Morgan fingerprint density at radius 1 is 1.47 bits per heavy atom. The maximum Gasteiger partial charge on any atom is 0.252 e. The molecule has 1 fully saturated rings. The van der Waals surface area contributed by atoms with Crippen LogP contribution in [0.15, 0.2) is 18.2 Å². The standard InChI is InChI=1S/C15H21ClN2O/c1-10-3-2-4-11(7-10)9-18-15(19)13-8-12(17)5-6-14(13)16/h5-6,8,10-11H,2-4,7,9,17H2,1H3,(H,18,19). The zero-order chi connectivity index (χ0) is 13.8. The number of nitrogens with one attached hydrogen (secondary N) is 1. The van der Waals surface area contributed by atoms with Gasteiger partial charge in [-0.2, -0.15) is 0 Å². The molecule has 0 heterocycles. The zero-order valence-electron chi connectivity index (χ0n) is 11.3. The largest absolute Gasteiger partial charge is 0.399 e. The fourth-order valence-electron chi connectivity index (χ4n) is 2.79. The second-order valence-electron chi connectivity index (χ2n) is 5.59. The third-order valence-electron chi connectivity index (χ3n) is 3.83. The molecule has 4 heteroatoms. The van der Waals surface area contributed by atoms with E-state index in [1.807, 2.05) is 0 Å². The van der Waals surface area contributed by atoms with Crippen molar-refractivity contribution in [1.29, 1.82) is 0 Å². The third kappa shape index (κ3) is 3.87. The lowest BCUT2D eigenvalue weighted by atomic mass is 9.82. The van der Waals surface area contributed by atoms with Crippen molar-refractivity contribution < 1.29 is 4.79 Å². The SMILES string of the molecule is CC1CCCC(CNC(=O)c2cc(N)ccc2Cl)C1. The molecular formula is C15H21ClN2O. The molecule has 3 N–H and O–H groups in total. The first-order valence-electron chi connectivity index (χ1n) is 6.89. The van der Waals surface area contributed by atoms with Gasteiger partial charge in [-0.25, -0.2) is 0 Å². The van der Waals surface area contributed by atoms with Gasteiger partial charge in [0.25, 0.3) is 5.91 Å². The maximum absolute atomic E-state index is 12.1. The highest BCUT2D eigenvalue weighted by Crippen LogP contribution is 2.28. The van der Waals surface area contributed by atoms with Crippen LogP contribution < -0.4 is 11.1 Å². The van der Waals surface area contributed by atoms with Crippen LogP contribution in [0.5, 0.6) is 0 Å². The van der Waals surface area contributed by atoms with Crippen LogP contribution in [0.3, 0.4) is 0 Å². The summed E-state index contributed by atoms with van der Waals surface area (Å²) in [5.74, 6) is 1.23. The summed E-state index contributed by atoms with van der Waals surface area (Å²) >= 11 is 6.02. The van der Waals surface area contributed by atoms with Crippen molar-refractivity contribution >= 4 is 23.2 Å². The second-order valence-corrected chi connectivity index (χ2v) is 5.99. The van der Waals surface area contributed by atoms with Gasteiger partial charge in [-0.3, -0.25) is 4.79 Å². The monoisotopic (exact) mass is 280 g/mol. The summed E-state index contributed by atoms with van der Waals surface area (Å²) in [6.45, 7) is 3.01. The first kappa shape index (κ1) is 14.2. The minimum Gasteiger partial charge on any atom is -0.399 e. The smallest absolute Gasteiger partial charge is 0.252 e. The van der Waals surface area contributed by atoms with Gasteiger partial charge in [0.1, 0.15) is 0 Å². The molecule has 1 aromatic rings. The van der Waals surface area contributed by atoms with Gasteiger partial charge in [0.2, 0.25) is 0 Å². The van der Waals surface area contributed by atoms with Crippen LogP contribution in [0, 0.1) is 11.8 Å². The van der Waals surface area contributed by atoms with E-state index in [2.05, 4.69) is 12.2 Å². The van der Waals surface area contributed by atoms with E-state index in [1.54, 1.807) is 18.2 Å². The molecule has 0 saturated heterocycles. The minimum atomic E-state index is -0.129. The van der Waals surface area contributed by atoms with E-state index in [9.17, 15) is 4.79 Å². The predicted molar refractivity (Wildman–Crippen MR) is 79.3 cm³/mol. The van der Waals surface area contributed by atoms with E-state index in [-0.39, 0.29) is 5.91 Å². The summed E-state index contributed by atoms with van der Waals surface area (Å²) in [4.78, 5) is 12.1. The Morgan fingerprint density at radius 2 is 2.26 bits per heavy atom. The van der Waals surface area contributed by atoms with Crippen LogP contribution >= 0.6 is 11.6 Å². The van der Waals surface area contributed by atoms with Crippen LogP contribution in [0.2, 0.25) is 5.02 Å². The number of nitrogens with two attached hydrogens (primary N) is 1. The molecule has 0 aromatic heterocycles. The lowest BCUT2D eigenvalue weighted by Gasteiger charge is -2.26. The van der Waals surface area contributed by atoms with Crippen molar-refractivity contribution in [3.05, 3.63) is 28.8 Å². The number of nitrogen functional groups attached to an aromatic ring is 1. The van der Waals surface area contributed by atoms with Gasteiger partial charge in [-0.05, 0) is 42.9 Å². The Morgan fingerprint density at radius 3 is 3.00 bits per heavy atom. The van der Waals surface area contributed by atoms with E-state index in [1.165, 1.54) is 25.7 Å². The number of carbonyl (C=O) groups is 1. The van der Waals surface area contributed by atoms with Crippen molar-refractivity contribution in [2.24, 2.45) is 11.8 Å². The Kier molecular flexibility index (Phi) is 4.70. The summed E-state index contributed by atoms with van der Waals surface area (Å²) in [7, 11) is 0. The van der Waals surface area contributed by atoms with Crippen molar-refractivity contribution in [1.82, 2.24) is 5.32 Å². The van der Waals surface area contributed by atoms with E-state index < -0.39 is 0 Å². The summed E-state index contributed by atoms with van der Waals surface area (Å²) in [6.07, 6.45) is 4.98. The number of halogens is 1. The quantitative estimate of drug-likeness (QED) is 0.833. The average Bonchev–Trinajstić information content (AvgIpc) is 2.39. The third-order valence-corrected chi connectivity index (χ3v) is 4.16. The van der Waals surface area contributed by atoms with Gasteiger partial charge < -0.3 is 11.1 Å². The highest BCUT2D eigenvalue weighted by Gasteiger charge is 2.20. The van der Waals surface area contributed by atoms with Crippen LogP contribution in [-0.4, -0.2) is 12.5 Å². The molecule has 1 aromatic carbocycles. The van der Waals surface area contributed by atoms with Gasteiger partial charge in [0, 0.05) is 12.2 Å². The lowest BCUT2D eigenvalue weighted by Crippen LogP contribution is -2.31. The number of anilines is 1. The average molecular weight is 281 g/mol. The van der Waals surface area contributed by atoms with Crippen LogP contribution in [0.1, 0.15) is 43.0 Å². The van der Waals surface area contributed by atoms with Crippen LogP contribution in [0.4, 0.5) is 5.69 Å². The molecule has 2 atom stereocenters. The molecule has 0 spiro atoms. The molecule has 19 heavy (non-hydrogen) atoms. The van der Waals surface area contributed by atoms with Gasteiger partial charge in [0.15, 0.2) is 0 Å². The number of amides is 1. The molecule has 0 radical (unpaired) electrons. The summed E-state index contributed by atoms with van der Waals surface area (Å²) in [6, 6.07) is 4.98. The van der Waals surface area contributed by atoms with Gasteiger partial charge in [0.05, 0.1) is 10.6 Å². The summed E-state index contributed by atoms with van der Waals surface area (Å²) in [5.41, 5.74) is 6.70.